The predicted molar refractivity (Wildman–Crippen MR) is 62.5 cm³/mol. The van der Waals surface area contributed by atoms with Gasteiger partial charge in [0.15, 0.2) is 0 Å². The Morgan fingerprint density at radius 1 is 1.23 bits per heavy atom. The third kappa shape index (κ3) is 7.51. The summed E-state index contributed by atoms with van der Waals surface area (Å²) in [6.45, 7) is 10.6. The van der Waals surface area contributed by atoms with Gasteiger partial charge in [-0.3, -0.25) is 0 Å². The lowest BCUT2D eigenvalue weighted by molar-refractivity contribution is 0.142. The lowest BCUT2D eigenvalue weighted by atomic mass is 9.89. The highest BCUT2D eigenvalue weighted by molar-refractivity contribution is 9.09. The second-order valence-electron chi connectivity index (χ2n) is 4.53. The number of rotatable bonds is 6. The van der Waals surface area contributed by atoms with E-state index in [2.05, 4.69) is 36.7 Å². The maximum atomic E-state index is 5.29. The van der Waals surface area contributed by atoms with Gasteiger partial charge < -0.3 is 4.74 Å². The Hall–Kier alpha value is 0.440. The highest BCUT2D eigenvalue weighted by Gasteiger charge is 2.20. The highest BCUT2D eigenvalue weighted by atomic mass is 79.9. The topological polar surface area (TPSA) is 9.23 Å². The summed E-state index contributed by atoms with van der Waals surface area (Å²) in [6, 6.07) is 0. The fraction of sp³-hybridized carbons (Fsp3) is 1.00. The van der Waals surface area contributed by atoms with E-state index in [-0.39, 0.29) is 0 Å². The first-order valence-electron chi connectivity index (χ1n) is 5.20. The van der Waals surface area contributed by atoms with Gasteiger partial charge in [0.2, 0.25) is 0 Å². The second-order valence-corrected chi connectivity index (χ2v) is 5.63. The number of ether oxygens (including phenoxy) is 1. The third-order valence-electron chi connectivity index (χ3n) is 2.14. The van der Waals surface area contributed by atoms with Crippen molar-refractivity contribution in [3.05, 3.63) is 0 Å². The molecule has 0 N–H and O–H groups in total. The van der Waals surface area contributed by atoms with Crippen LogP contribution in [-0.2, 0) is 4.74 Å². The van der Waals surface area contributed by atoms with Crippen LogP contribution in [-0.4, -0.2) is 18.0 Å². The van der Waals surface area contributed by atoms with E-state index in [0.29, 0.717) is 10.2 Å². The van der Waals surface area contributed by atoms with E-state index in [9.17, 15) is 0 Å². The van der Waals surface area contributed by atoms with Crippen molar-refractivity contribution in [3.63, 3.8) is 0 Å². The quantitative estimate of drug-likeness (QED) is 0.512. The maximum Gasteiger partial charge on any atom is 0.0465 e. The van der Waals surface area contributed by atoms with Crippen LogP contribution < -0.4 is 0 Å². The van der Waals surface area contributed by atoms with Crippen molar-refractivity contribution in [2.24, 2.45) is 5.41 Å². The molecule has 0 aromatic rings. The van der Waals surface area contributed by atoms with Crippen molar-refractivity contribution in [3.8, 4) is 0 Å². The summed E-state index contributed by atoms with van der Waals surface area (Å²) in [4.78, 5) is 0.627. The molecule has 0 amide bonds. The van der Waals surface area contributed by atoms with Crippen LogP contribution in [0.2, 0.25) is 0 Å². The van der Waals surface area contributed by atoms with Gasteiger partial charge in [-0.25, -0.2) is 0 Å². The Bertz CT molecular complexity index is 118. The van der Waals surface area contributed by atoms with E-state index >= 15 is 0 Å². The number of unbranched alkanes of at least 4 members (excludes halogenated alkanes) is 1. The molecule has 0 radical (unpaired) electrons. The number of hydrogen-bond acceptors (Lipinski definition) is 1. The molecular weight excluding hydrogens is 228 g/mol. The molecule has 0 aromatic heterocycles. The van der Waals surface area contributed by atoms with Crippen molar-refractivity contribution in [2.75, 3.05) is 13.2 Å². The summed E-state index contributed by atoms with van der Waals surface area (Å²) in [6.07, 6.45) is 3.69. The molecule has 0 heterocycles. The van der Waals surface area contributed by atoms with Crippen molar-refractivity contribution in [1.82, 2.24) is 0 Å². The molecule has 1 atom stereocenters. The summed E-state index contributed by atoms with van der Waals surface area (Å²) in [5.41, 5.74) is 0.381. The van der Waals surface area contributed by atoms with Gasteiger partial charge in [0.05, 0.1) is 0 Å². The molecule has 0 saturated heterocycles. The molecular formula is C11H23BrO. The molecule has 0 saturated carbocycles. The first-order chi connectivity index (χ1) is 5.98. The van der Waals surface area contributed by atoms with Gasteiger partial charge >= 0.3 is 0 Å². The van der Waals surface area contributed by atoms with E-state index in [0.717, 1.165) is 13.2 Å². The zero-order valence-electron chi connectivity index (χ0n) is 9.40. The number of alkyl halides is 1. The van der Waals surface area contributed by atoms with Crippen molar-refractivity contribution < 1.29 is 4.74 Å². The molecule has 0 aliphatic carbocycles. The van der Waals surface area contributed by atoms with Crippen LogP contribution in [0.15, 0.2) is 0 Å². The Balaban J connectivity index is 3.32. The average molecular weight is 251 g/mol. The van der Waals surface area contributed by atoms with Gasteiger partial charge in [0.1, 0.15) is 0 Å². The molecule has 13 heavy (non-hydrogen) atoms. The van der Waals surface area contributed by atoms with Gasteiger partial charge in [-0.2, -0.15) is 0 Å². The Kier molecular flexibility index (Phi) is 7.06. The lowest BCUT2D eigenvalue weighted by Gasteiger charge is -2.25. The van der Waals surface area contributed by atoms with Gasteiger partial charge in [0.25, 0.3) is 0 Å². The monoisotopic (exact) mass is 250 g/mol. The summed E-state index contributed by atoms with van der Waals surface area (Å²) in [5.74, 6) is 0. The van der Waals surface area contributed by atoms with Crippen molar-refractivity contribution in [1.29, 1.82) is 0 Å². The summed E-state index contributed by atoms with van der Waals surface area (Å²) < 4.78 is 5.29. The first kappa shape index (κ1) is 13.4. The van der Waals surface area contributed by atoms with Gasteiger partial charge in [-0.1, -0.05) is 43.1 Å². The smallest absolute Gasteiger partial charge is 0.0465 e. The van der Waals surface area contributed by atoms with Gasteiger partial charge in [0, 0.05) is 18.0 Å². The third-order valence-corrected chi connectivity index (χ3v) is 3.97. The van der Waals surface area contributed by atoms with Crippen LogP contribution in [0.25, 0.3) is 0 Å². The van der Waals surface area contributed by atoms with Crippen LogP contribution in [0.1, 0.15) is 47.0 Å². The van der Waals surface area contributed by atoms with Crippen LogP contribution in [0, 0.1) is 5.41 Å². The first-order valence-corrected chi connectivity index (χ1v) is 6.12. The van der Waals surface area contributed by atoms with E-state index in [1.54, 1.807) is 0 Å². The van der Waals surface area contributed by atoms with Gasteiger partial charge in [-0.15, -0.1) is 0 Å². The van der Waals surface area contributed by atoms with Gasteiger partial charge in [-0.05, 0) is 25.2 Å². The molecule has 0 aliphatic rings. The fourth-order valence-corrected chi connectivity index (χ4v) is 1.43. The van der Waals surface area contributed by atoms with E-state index in [4.69, 9.17) is 4.74 Å². The van der Waals surface area contributed by atoms with E-state index in [1.807, 2.05) is 6.92 Å². The summed E-state index contributed by atoms with van der Waals surface area (Å²) in [7, 11) is 0. The van der Waals surface area contributed by atoms with Crippen LogP contribution in [0.3, 0.4) is 0 Å². The second kappa shape index (κ2) is 6.83. The Morgan fingerprint density at radius 2 is 1.85 bits per heavy atom. The molecule has 0 rings (SSSR count). The zero-order valence-corrected chi connectivity index (χ0v) is 11.0. The fourth-order valence-electron chi connectivity index (χ4n) is 1.11. The number of hydrogen-bond donors (Lipinski definition) is 0. The molecule has 80 valence electrons. The minimum atomic E-state index is 0.381. The molecule has 2 heteroatoms. The minimum absolute atomic E-state index is 0.381. The molecule has 0 bridgehead atoms. The molecule has 0 aromatic carbocycles. The van der Waals surface area contributed by atoms with Crippen molar-refractivity contribution >= 4 is 15.9 Å². The van der Waals surface area contributed by atoms with Crippen LogP contribution >= 0.6 is 15.9 Å². The minimum Gasteiger partial charge on any atom is -0.382 e. The number of halogens is 1. The SMILES string of the molecule is CCOCCCCC(Br)C(C)(C)C. The van der Waals surface area contributed by atoms with Crippen LogP contribution in [0.5, 0.6) is 0 Å². The largest absolute Gasteiger partial charge is 0.382 e. The normalized spacial score (nSPS) is 14.5. The average Bonchev–Trinajstić information content (AvgIpc) is 2.02. The molecule has 1 unspecified atom stereocenters. The van der Waals surface area contributed by atoms with E-state index in [1.165, 1.54) is 19.3 Å². The summed E-state index contributed by atoms with van der Waals surface area (Å²) in [5, 5.41) is 0. The summed E-state index contributed by atoms with van der Waals surface area (Å²) >= 11 is 3.73. The molecule has 0 fully saturated rings. The zero-order chi connectivity index (χ0) is 10.3. The standard InChI is InChI=1S/C11H23BrO/c1-5-13-9-7-6-8-10(12)11(2,3)4/h10H,5-9H2,1-4H3. The van der Waals surface area contributed by atoms with Crippen molar-refractivity contribution in [2.45, 2.75) is 51.8 Å². The predicted octanol–water partition coefficient (Wildman–Crippen LogP) is 4.00. The highest BCUT2D eigenvalue weighted by Crippen LogP contribution is 2.29. The molecule has 1 nitrogen and oxygen atoms in total. The van der Waals surface area contributed by atoms with E-state index < -0.39 is 0 Å². The lowest BCUT2D eigenvalue weighted by Crippen LogP contribution is -2.20. The molecule has 0 aliphatic heterocycles. The maximum absolute atomic E-state index is 5.29. The Labute approximate surface area is 91.4 Å². The van der Waals surface area contributed by atoms with Crippen LogP contribution in [0.4, 0.5) is 0 Å². The molecule has 0 spiro atoms. The Morgan fingerprint density at radius 3 is 2.31 bits per heavy atom.